The van der Waals surface area contributed by atoms with Crippen molar-refractivity contribution in [3.05, 3.63) is 35.9 Å². The van der Waals surface area contributed by atoms with E-state index >= 15 is 0 Å². The SMILES string of the molecule is CCCCCNC(=O)C[C@H](NC(=O)Cc1ccccc1)C(=O)OCC. The van der Waals surface area contributed by atoms with Crippen molar-refractivity contribution >= 4 is 17.8 Å². The lowest BCUT2D eigenvalue weighted by Gasteiger charge is -2.17. The normalized spacial score (nSPS) is 11.4. The molecular formula is C19H28N2O4. The monoisotopic (exact) mass is 348 g/mol. The molecule has 2 amide bonds. The van der Waals surface area contributed by atoms with Crippen molar-refractivity contribution in [3.8, 4) is 0 Å². The first kappa shape index (κ1) is 20.7. The molecule has 0 aliphatic carbocycles. The number of ether oxygens (including phenoxy) is 1. The van der Waals surface area contributed by atoms with E-state index in [9.17, 15) is 14.4 Å². The topological polar surface area (TPSA) is 84.5 Å². The van der Waals surface area contributed by atoms with E-state index in [0.717, 1.165) is 24.8 Å². The van der Waals surface area contributed by atoms with Gasteiger partial charge < -0.3 is 15.4 Å². The highest BCUT2D eigenvalue weighted by atomic mass is 16.5. The number of rotatable bonds is 11. The van der Waals surface area contributed by atoms with Gasteiger partial charge in [0.15, 0.2) is 0 Å². The second-order valence-corrected chi connectivity index (χ2v) is 5.80. The van der Waals surface area contributed by atoms with Crippen molar-refractivity contribution < 1.29 is 19.1 Å². The van der Waals surface area contributed by atoms with Crippen LogP contribution in [0.15, 0.2) is 30.3 Å². The van der Waals surface area contributed by atoms with Crippen LogP contribution < -0.4 is 10.6 Å². The fourth-order valence-electron chi connectivity index (χ4n) is 2.32. The summed E-state index contributed by atoms with van der Waals surface area (Å²) in [6.07, 6.45) is 3.03. The Labute approximate surface area is 149 Å². The summed E-state index contributed by atoms with van der Waals surface area (Å²) in [5, 5.41) is 5.38. The molecule has 0 aromatic heterocycles. The zero-order valence-corrected chi connectivity index (χ0v) is 15.0. The summed E-state index contributed by atoms with van der Waals surface area (Å²) in [5.74, 6) is -1.18. The Bertz CT molecular complexity index is 546. The van der Waals surface area contributed by atoms with Gasteiger partial charge in [-0.2, -0.15) is 0 Å². The second-order valence-electron chi connectivity index (χ2n) is 5.80. The summed E-state index contributed by atoms with van der Waals surface area (Å²) in [6, 6.07) is 8.25. The van der Waals surface area contributed by atoms with Crippen molar-refractivity contribution in [2.75, 3.05) is 13.2 Å². The molecule has 0 bridgehead atoms. The van der Waals surface area contributed by atoms with Gasteiger partial charge in [-0.1, -0.05) is 50.1 Å². The minimum absolute atomic E-state index is 0.120. The van der Waals surface area contributed by atoms with E-state index in [1.165, 1.54) is 0 Å². The Morgan fingerprint density at radius 1 is 1.04 bits per heavy atom. The van der Waals surface area contributed by atoms with Gasteiger partial charge in [0.25, 0.3) is 0 Å². The van der Waals surface area contributed by atoms with Crippen LogP contribution in [0.3, 0.4) is 0 Å². The van der Waals surface area contributed by atoms with Gasteiger partial charge >= 0.3 is 5.97 Å². The van der Waals surface area contributed by atoms with Crippen LogP contribution in [0, 0.1) is 0 Å². The van der Waals surface area contributed by atoms with Gasteiger partial charge in [-0.05, 0) is 18.9 Å². The van der Waals surface area contributed by atoms with Gasteiger partial charge in [0.2, 0.25) is 11.8 Å². The van der Waals surface area contributed by atoms with Crippen LogP contribution in [0.1, 0.15) is 45.1 Å². The molecule has 25 heavy (non-hydrogen) atoms. The molecule has 6 nitrogen and oxygen atoms in total. The highest BCUT2D eigenvalue weighted by Gasteiger charge is 2.25. The maximum Gasteiger partial charge on any atom is 0.329 e. The van der Waals surface area contributed by atoms with Crippen molar-refractivity contribution in [3.63, 3.8) is 0 Å². The summed E-state index contributed by atoms with van der Waals surface area (Å²) in [7, 11) is 0. The number of esters is 1. The Balaban J connectivity index is 2.55. The van der Waals surface area contributed by atoms with E-state index in [1.807, 2.05) is 30.3 Å². The zero-order valence-electron chi connectivity index (χ0n) is 15.0. The fraction of sp³-hybridized carbons (Fsp3) is 0.526. The molecule has 0 saturated heterocycles. The number of nitrogens with one attached hydrogen (secondary N) is 2. The van der Waals surface area contributed by atoms with Crippen LogP contribution in [0.2, 0.25) is 0 Å². The van der Waals surface area contributed by atoms with Crippen LogP contribution in [0.4, 0.5) is 0 Å². The molecule has 0 aliphatic rings. The van der Waals surface area contributed by atoms with E-state index in [1.54, 1.807) is 6.92 Å². The first-order valence-electron chi connectivity index (χ1n) is 8.83. The molecule has 0 spiro atoms. The molecule has 138 valence electrons. The smallest absolute Gasteiger partial charge is 0.329 e. The van der Waals surface area contributed by atoms with Crippen LogP contribution in [-0.2, 0) is 25.5 Å². The van der Waals surface area contributed by atoms with Crippen LogP contribution in [-0.4, -0.2) is 37.0 Å². The molecule has 1 aromatic carbocycles. The molecule has 1 rings (SSSR count). The van der Waals surface area contributed by atoms with Crippen LogP contribution in [0.25, 0.3) is 0 Å². The molecule has 0 fully saturated rings. The molecule has 0 aliphatic heterocycles. The van der Waals surface area contributed by atoms with Crippen molar-refractivity contribution in [2.24, 2.45) is 0 Å². The number of amides is 2. The second kappa shape index (κ2) is 12.1. The third-order valence-corrected chi connectivity index (χ3v) is 3.61. The predicted octanol–water partition coefficient (Wildman–Crippen LogP) is 1.97. The lowest BCUT2D eigenvalue weighted by Crippen LogP contribution is -2.45. The lowest BCUT2D eigenvalue weighted by molar-refractivity contribution is -0.148. The average molecular weight is 348 g/mol. The summed E-state index contributed by atoms with van der Waals surface area (Å²) >= 11 is 0. The van der Waals surface area contributed by atoms with Crippen molar-refractivity contribution in [1.29, 1.82) is 0 Å². The fourth-order valence-corrected chi connectivity index (χ4v) is 2.32. The number of hydrogen-bond donors (Lipinski definition) is 2. The number of carbonyl (C=O) groups is 3. The maximum absolute atomic E-state index is 12.2. The average Bonchev–Trinajstić information content (AvgIpc) is 2.59. The molecule has 0 heterocycles. The third-order valence-electron chi connectivity index (χ3n) is 3.61. The van der Waals surface area contributed by atoms with Crippen LogP contribution in [0.5, 0.6) is 0 Å². The van der Waals surface area contributed by atoms with E-state index in [0.29, 0.717) is 6.54 Å². The highest BCUT2D eigenvalue weighted by molar-refractivity contribution is 5.90. The minimum Gasteiger partial charge on any atom is -0.464 e. The summed E-state index contributed by atoms with van der Waals surface area (Å²) in [5.41, 5.74) is 0.839. The molecule has 0 radical (unpaired) electrons. The molecule has 2 N–H and O–H groups in total. The highest BCUT2D eigenvalue weighted by Crippen LogP contribution is 2.02. The van der Waals surface area contributed by atoms with Gasteiger partial charge in [-0.25, -0.2) is 4.79 Å². The van der Waals surface area contributed by atoms with E-state index < -0.39 is 12.0 Å². The van der Waals surface area contributed by atoms with Crippen molar-refractivity contribution in [2.45, 2.75) is 52.0 Å². The molecule has 0 unspecified atom stereocenters. The Kier molecular flexibility index (Phi) is 9.97. The Morgan fingerprint density at radius 2 is 1.76 bits per heavy atom. The van der Waals surface area contributed by atoms with Crippen molar-refractivity contribution in [1.82, 2.24) is 10.6 Å². The molecule has 0 saturated carbocycles. The van der Waals surface area contributed by atoms with Gasteiger partial charge in [0, 0.05) is 6.54 Å². The quantitative estimate of drug-likeness (QED) is 0.473. The first-order chi connectivity index (χ1) is 12.1. The zero-order chi connectivity index (χ0) is 18.5. The molecular weight excluding hydrogens is 320 g/mol. The van der Waals surface area contributed by atoms with Gasteiger partial charge in [-0.15, -0.1) is 0 Å². The number of carbonyl (C=O) groups excluding carboxylic acids is 3. The molecule has 6 heteroatoms. The van der Waals surface area contributed by atoms with E-state index in [2.05, 4.69) is 17.6 Å². The maximum atomic E-state index is 12.2. The van der Waals surface area contributed by atoms with E-state index in [4.69, 9.17) is 4.74 Å². The Hall–Kier alpha value is -2.37. The summed E-state index contributed by atoms with van der Waals surface area (Å²) in [6.45, 7) is 4.54. The largest absolute Gasteiger partial charge is 0.464 e. The van der Waals surface area contributed by atoms with Crippen LogP contribution >= 0.6 is 0 Å². The standard InChI is InChI=1S/C19H28N2O4/c1-3-5-9-12-20-17(22)14-16(19(24)25-4-2)21-18(23)13-15-10-7-6-8-11-15/h6-8,10-11,16H,3-5,9,12-14H2,1-2H3,(H,20,22)(H,21,23)/t16-/m0/s1. The van der Waals surface area contributed by atoms with Gasteiger partial charge in [-0.3, -0.25) is 9.59 Å². The summed E-state index contributed by atoms with van der Waals surface area (Å²) < 4.78 is 4.97. The number of hydrogen-bond acceptors (Lipinski definition) is 4. The number of benzene rings is 1. The minimum atomic E-state index is -0.970. The molecule has 1 aromatic rings. The number of unbranched alkanes of at least 4 members (excludes halogenated alkanes) is 2. The third kappa shape index (κ3) is 8.88. The summed E-state index contributed by atoms with van der Waals surface area (Å²) in [4.78, 5) is 36.2. The first-order valence-corrected chi connectivity index (χ1v) is 8.83. The van der Waals surface area contributed by atoms with Gasteiger partial charge in [0.05, 0.1) is 19.4 Å². The Morgan fingerprint density at radius 3 is 2.40 bits per heavy atom. The van der Waals surface area contributed by atoms with Gasteiger partial charge in [0.1, 0.15) is 6.04 Å². The predicted molar refractivity (Wildman–Crippen MR) is 95.9 cm³/mol. The molecule has 1 atom stereocenters. The lowest BCUT2D eigenvalue weighted by atomic mass is 10.1. The van der Waals surface area contributed by atoms with E-state index in [-0.39, 0.29) is 31.3 Å².